The second kappa shape index (κ2) is 3.55. The molecular formula is C10H9N7O. The van der Waals surface area contributed by atoms with Crippen molar-refractivity contribution in [1.82, 2.24) is 24.4 Å². The maximum atomic E-state index is 11.1. The van der Waals surface area contributed by atoms with Crippen LogP contribution in [0.4, 0.5) is 5.69 Å². The molecule has 0 saturated heterocycles. The molecule has 0 spiro atoms. The quantitative estimate of drug-likeness (QED) is 0.634. The Balaban J connectivity index is 2.23. The number of amides is 1. The molecule has 3 heterocycles. The molecule has 0 bridgehead atoms. The van der Waals surface area contributed by atoms with Gasteiger partial charge in [-0.05, 0) is 6.07 Å². The van der Waals surface area contributed by atoms with Gasteiger partial charge in [-0.2, -0.15) is 10.2 Å². The van der Waals surface area contributed by atoms with Crippen LogP contribution in [-0.2, 0) is 0 Å². The Morgan fingerprint density at radius 1 is 1.33 bits per heavy atom. The van der Waals surface area contributed by atoms with E-state index < -0.39 is 5.91 Å². The van der Waals surface area contributed by atoms with Crippen LogP contribution in [0.1, 0.15) is 10.5 Å². The van der Waals surface area contributed by atoms with Crippen LogP contribution in [0.2, 0.25) is 0 Å². The predicted molar refractivity (Wildman–Crippen MR) is 63.0 cm³/mol. The van der Waals surface area contributed by atoms with E-state index in [0.29, 0.717) is 5.82 Å². The molecule has 0 aromatic carbocycles. The Morgan fingerprint density at radius 2 is 2.17 bits per heavy atom. The van der Waals surface area contributed by atoms with Gasteiger partial charge in [0.15, 0.2) is 11.5 Å². The number of rotatable bonds is 2. The first-order valence-electron chi connectivity index (χ1n) is 5.10. The predicted octanol–water partition coefficient (Wildman–Crippen LogP) is -0.404. The van der Waals surface area contributed by atoms with Gasteiger partial charge < -0.3 is 11.5 Å². The molecule has 3 aromatic heterocycles. The monoisotopic (exact) mass is 243 g/mol. The SMILES string of the molecule is NC(=O)c1nn(-c2nccn3nccc23)cc1N. The minimum Gasteiger partial charge on any atom is -0.396 e. The summed E-state index contributed by atoms with van der Waals surface area (Å²) in [5.74, 6) is -0.152. The molecule has 4 N–H and O–H groups in total. The fourth-order valence-electron chi connectivity index (χ4n) is 1.71. The van der Waals surface area contributed by atoms with E-state index in [0.717, 1.165) is 5.52 Å². The molecular weight excluding hydrogens is 234 g/mol. The zero-order chi connectivity index (χ0) is 12.7. The first-order valence-corrected chi connectivity index (χ1v) is 5.10. The van der Waals surface area contributed by atoms with Crippen molar-refractivity contribution >= 4 is 17.1 Å². The summed E-state index contributed by atoms with van der Waals surface area (Å²) in [5, 5.41) is 8.10. The number of carbonyl (C=O) groups excluding carboxylic acids is 1. The van der Waals surface area contributed by atoms with Gasteiger partial charge in [0.25, 0.3) is 5.91 Å². The van der Waals surface area contributed by atoms with Crippen molar-refractivity contribution in [3.8, 4) is 5.82 Å². The third-order valence-corrected chi connectivity index (χ3v) is 2.50. The summed E-state index contributed by atoms with van der Waals surface area (Å²) in [5.41, 5.74) is 11.8. The number of aromatic nitrogens is 5. The lowest BCUT2D eigenvalue weighted by Crippen LogP contribution is -2.14. The van der Waals surface area contributed by atoms with Gasteiger partial charge in [0.2, 0.25) is 0 Å². The van der Waals surface area contributed by atoms with E-state index in [-0.39, 0.29) is 11.4 Å². The molecule has 0 radical (unpaired) electrons. The van der Waals surface area contributed by atoms with E-state index in [2.05, 4.69) is 15.2 Å². The number of carbonyl (C=O) groups is 1. The zero-order valence-corrected chi connectivity index (χ0v) is 9.19. The van der Waals surface area contributed by atoms with Gasteiger partial charge in [0, 0.05) is 12.4 Å². The van der Waals surface area contributed by atoms with Crippen LogP contribution in [0.5, 0.6) is 0 Å². The van der Waals surface area contributed by atoms with Crippen molar-refractivity contribution in [2.75, 3.05) is 5.73 Å². The van der Waals surface area contributed by atoms with Crippen LogP contribution in [0, 0.1) is 0 Å². The molecule has 18 heavy (non-hydrogen) atoms. The Hall–Kier alpha value is -2.90. The molecule has 8 heteroatoms. The number of anilines is 1. The largest absolute Gasteiger partial charge is 0.396 e. The van der Waals surface area contributed by atoms with Gasteiger partial charge in [-0.1, -0.05) is 0 Å². The average molecular weight is 243 g/mol. The van der Waals surface area contributed by atoms with Crippen molar-refractivity contribution < 1.29 is 4.79 Å². The van der Waals surface area contributed by atoms with Crippen LogP contribution in [0.25, 0.3) is 11.3 Å². The van der Waals surface area contributed by atoms with Crippen molar-refractivity contribution in [1.29, 1.82) is 0 Å². The number of hydrogen-bond donors (Lipinski definition) is 2. The number of primary amides is 1. The molecule has 0 aliphatic carbocycles. The van der Waals surface area contributed by atoms with Crippen molar-refractivity contribution in [3.63, 3.8) is 0 Å². The van der Waals surface area contributed by atoms with Gasteiger partial charge in [-0.15, -0.1) is 0 Å². The molecule has 0 atom stereocenters. The minimum atomic E-state index is -0.674. The Morgan fingerprint density at radius 3 is 2.89 bits per heavy atom. The highest BCUT2D eigenvalue weighted by molar-refractivity contribution is 5.95. The molecule has 0 aliphatic heterocycles. The van der Waals surface area contributed by atoms with Crippen molar-refractivity contribution in [2.45, 2.75) is 0 Å². The Kier molecular flexibility index (Phi) is 2.03. The lowest BCUT2D eigenvalue weighted by molar-refractivity contribution is 0.0996. The number of hydrogen-bond acceptors (Lipinski definition) is 5. The van der Waals surface area contributed by atoms with E-state index in [1.807, 2.05) is 0 Å². The summed E-state index contributed by atoms with van der Waals surface area (Å²) in [6, 6.07) is 1.78. The van der Waals surface area contributed by atoms with Crippen LogP contribution < -0.4 is 11.5 Å². The normalized spacial score (nSPS) is 10.9. The van der Waals surface area contributed by atoms with Crippen molar-refractivity contribution in [2.24, 2.45) is 5.73 Å². The van der Waals surface area contributed by atoms with E-state index in [1.54, 1.807) is 29.2 Å². The molecule has 3 aromatic rings. The second-order valence-electron chi connectivity index (χ2n) is 3.65. The van der Waals surface area contributed by atoms with Gasteiger partial charge in [0.05, 0.1) is 18.1 Å². The molecule has 8 nitrogen and oxygen atoms in total. The Labute approximate surface area is 101 Å². The maximum Gasteiger partial charge on any atom is 0.271 e. The Bertz CT molecular complexity index is 742. The standard InChI is InChI=1S/C10H9N7O/c11-6-5-17(15-8(6)9(12)18)10-7-1-2-14-16(7)4-3-13-10/h1-5H,11H2,(H2,12,18). The fraction of sp³-hybridized carbons (Fsp3) is 0. The summed E-state index contributed by atoms with van der Waals surface area (Å²) in [6.45, 7) is 0. The molecule has 90 valence electrons. The first-order chi connectivity index (χ1) is 8.66. The van der Waals surface area contributed by atoms with Crippen LogP contribution in [0.3, 0.4) is 0 Å². The first kappa shape index (κ1) is 10.3. The second-order valence-corrected chi connectivity index (χ2v) is 3.65. The lowest BCUT2D eigenvalue weighted by Gasteiger charge is -2.01. The summed E-state index contributed by atoms with van der Waals surface area (Å²) < 4.78 is 3.05. The number of nitrogen functional groups attached to an aromatic ring is 1. The van der Waals surface area contributed by atoms with Crippen LogP contribution >= 0.6 is 0 Å². The fourth-order valence-corrected chi connectivity index (χ4v) is 1.71. The summed E-state index contributed by atoms with van der Waals surface area (Å²) in [4.78, 5) is 15.3. The zero-order valence-electron chi connectivity index (χ0n) is 9.19. The summed E-state index contributed by atoms with van der Waals surface area (Å²) >= 11 is 0. The third kappa shape index (κ3) is 1.39. The molecule has 3 rings (SSSR count). The third-order valence-electron chi connectivity index (χ3n) is 2.50. The van der Waals surface area contributed by atoms with E-state index >= 15 is 0 Å². The van der Waals surface area contributed by atoms with Gasteiger partial charge in [-0.25, -0.2) is 14.2 Å². The van der Waals surface area contributed by atoms with Gasteiger partial charge >= 0.3 is 0 Å². The molecule has 0 fully saturated rings. The lowest BCUT2D eigenvalue weighted by atomic mass is 10.4. The molecule has 0 saturated carbocycles. The number of nitrogens with two attached hydrogens (primary N) is 2. The smallest absolute Gasteiger partial charge is 0.271 e. The molecule has 1 amide bonds. The molecule has 0 aliphatic rings. The average Bonchev–Trinajstić information content (AvgIpc) is 2.94. The van der Waals surface area contributed by atoms with Gasteiger partial charge in [-0.3, -0.25) is 4.79 Å². The number of nitrogens with zero attached hydrogens (tertiary/aromatic N) is 5. The number of fused-ring (bicyclic) bond motifs is 1. The summed E-state index contributed by atoms with van der Waals surface area (Å²) in [6.07, 6.45) is 6.43. The van der Waals surface area contributed by atoms with E-state index in [9.17, 15) is 4.79 Å². The van der Waals surface area contributed by atoms with Crippen molar-refractivity contribution in [3.05, 3.63) is 36.5 Å². The maximum absolute atomic E-state index is 11.1. The highest BCUT2D eigenvalue weighted by atomic mass is 16.1. The minimum absolute atomic E-state index is 0.0262. The summed E-state index contributed by atoms with van der Waals surface area (Å²) in [7, 11) is 0. The van der Waals surface area contributed by atoms with Gasteiger partial charge in [0.1, 0.15) is 5.52 Å². The topological polar surface area (TPSA) is 117 Å². The van der Waals surface area contributed by atoms with Crippen LogP contribution in [0.15, 0.2) is 30.9 Å². The van der Waals surface area contributed by atoms with Crippen LogP contribution in [-0.4, -0.2) is 30.3 Å². The molecule has 0 unspecified atom stereocenters. The van der Waals surface area contributed by atoms with E-state index in [4.69, 9.17) is 11.5 Å². The highest BCUT2D eigenvalue weighted by Crippen LogP contribution is 2.15. The highest BCUT2D eigenvalue weighted by Gasteiger charge is 2.14. The van der Waals surface area contributed by atoms with E-state index in [1.165, 1.54) is 10.9 Å².